The summed E-state index contributed by atoms with van der Waals surface area (Å²) in [6.07, 6.45) is -3.09. The Morgan fingerprint density at radius 1 is 1.14 bits per heavy atom. The summed E-state index contributed by atoms with van der Waals surface area (Å²) in [4.78, 5) is 11.2. The van der Waals surface area contributed by atoms with Crippen molar-refractivity contribution in [3.63, 3.8) is 0 Å². The molecule has 0 aliphatic carbocycles. The maximum atomic E-state index is 13.7. The summed E-state index contributed by atoms with van der Waals surface area (Å²) in [5, 5.41) is 0.158. The van der Waals surface area contributed by atoms with E-state index in [1.54, 1.807) is 0 Å². The van der Waals surface area contributed by atoms with E-state index >= 15 is 0 Å². The quantitative estimate of drug-likeness (QED) is 0.809. The fraction of sp³-hybridized carbons (Fsp3) is 0.250. The number of halogens is 5. The first-order valence-corrected chi connectivity index (χ1v) is 6.02. The van der Waals surface area contributed by atoms with Crippen LogP contribution in [0.25, 0.3) is 11.3 Å². The second kappa shape index (κ2) is 5.80. The molecule has 0 saturated heterocycles. The lowest BCUT2D eigenvalue weighted by molar-refractivity contribution is -0.190. The van der Waals surface area contributed by atoms with Gasteiger partial charge in [-0.1, -0.05) is 11.6 Å². The Morgan fingerprint density at radius 2 is 1.86 bits per heavy atom. The molecule has 1 atom stereocenters. The molecular formula is C12H8ClF4N3O. The number of rotatable bonds is 3. The predicted octanol–water partition coefficient (Wildman–Crippen LogP) is 3.66. The Bertz CT molecular complexity index is 633. The van der Waals surface area contributed by atoms with Crippen molar-refractivity contribution in [2.75, 3.05) is 0 Å². The average molecular weight is 322 g/mol. The summed E-state index contributed by atoms with van der Waals surface area (Å²) < 4.78 is 55.2. The molecule has 2 rings (SSSR count). The third-order valence-electron chi connectivity index (χ3n) is 2.47. The van der Waals surface area contributed by atoms with Crippen LogP contribution in [0.5, 0.6) is 5.88 Å². The van der Waals surface area contributed by atoms with Crippen LogP contribution in [0.3, 0.4) is 0 Å². The van der Waals surface area contributed by atoms with Crippen molar-refractivity contribution in [2.24, 2.45) is 0 Å². The molecule has 0 radical (unpaired) electrons. The van der Waals surface area contributed by atoms with Crippen LogP contribution in [0, 0.1) is 5.82 Å². The van der Waals surface area contributed by atoms with Crippen molar-refractivity contribution in [3.8, 4) is 17.1 Å². The molecule has 2 aromatic heterocycles. The molecule has 0 N–H and O–H groups in total. The highest BCUT2D eigenvalue weighted by Gasteiger charge is 2.38. The molecule has 0 unspecified atom stereocenters. The number of nitrogens with zero attached hydrogens (tertiary/aromatic N) is 3. The van der Waals surface area contributed by atoms with Crippen molar-refractivity contribution in [2.45, 2.75) is 19.2 Å². The highest BCUT2D eigenvalue weighted by atomic mass is 35.5. The van der Waals surface area contributed by atoms with E-state index in [0.717, 1.165) is 19.2 Å². The highest BCUT2D eigenvalue weighted by Crippen LogP contribution is 2.27. The van der Waals surface area contributed by atoms with E-state index in [1.165, 1.54) is 12.4 Å². The second-order valence-corrected chi connectivity index (χ2v) is 4.42. The van der Waals surface area contributed by atoms with E-state index in [4.69, 9.17) is 11.6 Å². The van der Waals surface area contributed by atoms with E-state index in [2.05, 4.69) is 19.7 Å². The Hall–Kier alpha value is -1.96. The summed E-state index contributed by atoms with van der Waals surface area (Å²) in [6, 6.07) is 0.962. The van der Waals surface area contributed by atoms with E-state index < -0.39 is 24.0 Å². The molecule has 0 amide bonds. The minimum absolute atomic E-state index is 0.158. The summed E-state index contributed by atoms with van der Waals surface area (Å²) in [6.45, 7) is 0.764. The van der Waals surface area contributed by atoms with Crippen LogP contribution in [0.15, 0.2) is 24.7 Å². The number of hydrogen-bond acceptors (Lipinski definition) is 4. The van der Waals surface area contributed by atoms with Gasteiger partial charge in [-0.2, -0.15) is 13.2 Å². The second-order valence-electron chi connectivity index (χ2n) is 4.04. The maximum absolute atomic E-state index is 13.7. The number of ether oxygens (including phenoxy) is 1. The van der Waals surface area contributed by atoms with Crippen molar-refractivity contribution >= 4 is 11.6 Å². The molecule has 2 heterocycles. The molecule has 112 valence electrons. The van der Waals surface area contributed by atoms with Crippen LogP contribution < -0.4 is 4.74 Å². The first-order chi connectivity index (χ1) is 9.77. The zero-order valence-electron chi connectivity index (χ0n) is 10.5. The van der Waals surface area contributed by atoms with Crippen LogP contribution in [0.4, 0.5) is 17.6 Å². The van der Waals surface area contributed by atoms with E-state index in [9.17, 15) is 17.6 Å². The monoisotopic (exact) mass is 321 g/mol. The molecule has 0 saturated carbocycles. The van der Waals surface area contributed by atoms with Crippen LogP contribution in [-0.4, -0.2) is 27.2 Å². The first kappa shape index (κ1) is 15.4. The number of pyridine rings is 1. The molecular weight excluding hydrogens is 314 g/mol. The Balaban J connectivity index is 2.23. The zero-order chi connectivity index (χ0) is 15.6. The molecule has 0 aliphatic rings. The topological polar surface area (TPSA) is 47.9 Å². The zero-order valence-corrected chi connectivity index (χ0v) is 11.3. The minimum Gasteiger partial charge on any atom is -0.463 e. The van der Waals surface area contributed by atoms with Gasteiger partial charge in [0.1, 0.15) is 5.15 Å². The molecule has 9 heteroatoms. The van der Waals surface area contributed by atoms with Crippen LogP contribution in [0.2, 0.25) is 5.15 Å². The largest absolute Gasteiger partial charge is 0.463 e. The van der Waals surface area contributed by atoms with Gasteiger partial charge in [0.2, 0.25) is 0 Å². The van der Waals surface area contributed by atoms with Gasteiger partial charge in [0.05, 0.1) is 18.1 Å². The molecule has 0 aromatic carbocycles. The molecule has 2 aromatic rings. The lowest BCUT2D eigenvalue weighted by atomic mass is 10.2. The van der Waals surface area contributed by atoms with E-state index in [1.807, 2.05) is 0 Å². The summed E-state index contributed by atoms with van der Waals surface area (Å²) in [5.74, 6) is -1.76. The highest BCUT2D eigenvalue weighted by molar-refractivity contribution is 6.29. The van der Waals surface area contributed by atoms with Gasteiger partial charge in [-0.25, -0.2) is 14.4 Å². The standard InChI is InChI=1S/C12H8ClF4N3O/c1-6(12(15,16)17)21-11-8(14)2-7(3-20-11)9-4-19-10(13)5-18-9/h2-6H,1H3/t6-/m1/s1. The summed E-state index contributed by atoms with van der Waals surface area (Å²) >= 11 is 5.57. The third-order valence-corrected chi connectivity index (χ3v) is 2.67. The lowest BCUT2D eigenvalue weighted by Crippen LogP contribution is -2.31. The van der Waals surface area contributed by atoms with Crippen molar-refractivity contribution in [3.05, 3.63) is 35.6 Å². The molecule has 0 fully saturated rings. The van der Waals surface area contributed by atoms with E-state index in [0.29, 0.717) is 0 Å². The van der Waals surface area contributed by atoms with Gasteiger partial charge >= 0.3 is 6.18 Å². The molecule has 21 heavy (non-hydrogen) atoms. The fourth-order valence-corrected chi connectivity index (χ4v) is 1.45. The smallest absolute Gasteiger partial charge is 0.425 e. The van der Waals surface area contributed by atoms with Crippen LogP contribution in [-0.2, 0) is 0 Å². The average Bonchev–Trinajstić information content (AvgIpc) is 2.41. The van der Waals surface area contributed by atoms with Crippen molar-refractivity contribution in [1.82, 2.24) is 15.0 Å². The molecule has 0 bridgehead atoms. The van der Waals surface area contributed by atoms with E-state index in [-0.39, 0.29) is 16.4 Å². The number of hydrogen-bond donors (Lipinski definition) is 0. The van der Waals surface area contributed by atoms with Gasteiger partial charge < -0.3 is 4.74 Å². The van der Waals surface area contributed by atoms with Gasteiger partial charge in [0.25, 0.3) is 5.88 Å². The third kappa shape index (κ3) is 3.78. The van der Waals surface area contributed by atoms with Gasteiger partial charge in [-0.15, -0.1) is 0 Å². The van der Waals surface area contributed by atoms with Gasteiger partial charge in [0.15, 0.2) is 11.9 Å². The van der Waals surface area contributed by atoms with Crippen molar-refractivity contribution in [1.29, 1.82) is 0 Å². The molecule has 4 nitrogen and oxygen atoms in total. The van der Waals surface area contributed by atoms with Crippen molar-refractivity contribution < 1.29 is 22.3 Å². The Morgan fingerprint density at radius 3 is 2.38 bits per heavy atom. The Labute approximate surface area is 121 Å². The van der Waals surface area contributed by atoms with Gasteiger partial charge in [0, 0.05) is 11.8 Å². The predicted molar refractivity (Wildman–Crippen MR) is 66.4 cm³/mol. The number of aromatic nitrogens is 3. The van der Waals surface area contributed by atoms with Gasteiger partial charge in [-0.3, -0.25) is 4.98 Å². The van der Waals surface area contributed by atoms with Crippen LogP contribution >= 0.6 is 11.6 Å². The maximum Gasteiger partial charge on any atom is 0.425 e. The number of alkyl halides is 3. The fourth-order valence-electron chi connectivity index (χ4n) is 1.35. The summed E-state index contributed by atoms with van der Waals surface area (Å²) in [7, 11) is 0. The van der Waals surface area contributed by atoms with Crippen LogP contribution in [0.1, 0.15) is 6.92 Å². The first-order valence-electron chi connectivity index (χ1n) is 5.64. The normalized spacial score (nSPS) is 13.0. The Kier molecular flexibility index (Phi) is 4.26. The SMILES string of the molecule is C[C@@H](Oc1ncc(-c2cnc(Cl)cn2)cc1F)C(F)(F)F. The minimum atomic E-state index is -4.60. The lowest BCUT2D eigenvalue weighted by Gasteiger charge is -2.17. The summed E-state index contributed by atoms with van der Waals surface area (Å²) in [5.41, 5.74) is 0.518. The molecule has 0 spiro atoms. The molecule has 0 aliphatic heterocycles. The van der Waals surface area contributed by atoms with Gasteiger partial charge in [-0.05, 0) is 13.0 Å².